The largest absolute Gasteiger partial charge is 0.508 e. The molecule has 4 heteroatoms. The van der Waals surface area contributed by atoms with Gasteiger partial charge in [-0.1, -0.05) is 30.3 Å². The smallest absolute Gasteiger partial charge is 0.411 e. The molecule has 0 radical (unpaired) electrons. The standard InChI is InChI=1S/C15H15NO3/c1-11-9-13(17)7-8-14(11)16-15(18)19-10-12-5-3-2-4-6-12/h2-9,17H,10H2,1H3,(H,16,18). The van der Waals surface area contributed by atoms with Crippen LogP contribution in [-0.2, 0) is 11.3 Å². The highest BCUT2D eigenvalue weighted by molar-refractivity contribution is 5.85. The van der Waals surface area contributed by atoms with Gasteiger partial charge in [0.05, 0.1) is 0 Å². The maximum atomic E-state index is 11.6. The van der Waals surface area contributed by atoms with Crippen LogP contribution in [0.25, 0.3) is 0 Å². The van der Waals surface area contributed by atoms with E-state index in [0.717, 1.165) is 11.1 Å². The van der Waals surface area contributed by atoms with Crippen LogP contribution in [0, 0.1) is 6.92 Å². The van der Waals surface area contributed by atoms with Crippen molar-refractivity contribution < 1.29 is 14.6 Å². The van der Waals surface area contributed by atoms with E-state index in [1.807, 2.05) is 30.3 Å². The zero-order chi connectivity index (χ0) is 13.7. The number of hydrogen-bond acceptors (Lipinski definition) is 3. The molecule has 2 rings (SSSR count). The fourth-order valence-electron chi connectivity index (χ4n) is 1.66. The molecule has 0 aromatic heterocycles. The van der Waals surface area contributed by atoms with Crippen LogP contribution in [0.15, 0.2) is 48.5 Å². The summed E-state index contributed by atoms with van der Waals surface area (Å²) in [4.78, 5) is 11.6. The average molecular weight is 257 g/mol. The molecule has 0 atom stereocenters. The Morgan fingerprint density at radius 1 is 1.21 bits per heavy atom. The molecule has 0 unspecified atom stereocenters. The van der Waals surface area contributed by atoms with Crippen LogP contribution in [0.3, 0.4) is 0 Å². The molecule has 2 aromatic carbocycles. The molecular weight excluding hydrogens is 242 g/mol. The van der Waals surface area contributed by atoms with Gasteiger partial charge >= 0.3 is 6.09 Å². The fourth-order valence-corrected chi connectivity index (χ4v) is 1.66. The highest BCUT2D eigenvalue weighted by Crippen LogP contribution is 2.20. The lowest BCUT2D eigenvalue weighted by Gasteiger charge is -2.09. The predicted molar refractivity (Wildman–Crippen MR) is 73.1 cm³/mol. The number of amides is 1. The van der Waals surface area contributed by atoms with E-state index >= 15 is 0 Å². The summed E-state index contributed by atoms with van der Waals surface area (Å²) in [5.41, 5.74) is 2.33. The topological polar surface area (TPSA) is 58.6 Å². The van der Waals surface area contributed by atoms with E-state index in [0.29, 0.717) is 5.69 Å². The Kier molecular flexibility index (Phi) is 4.03. The highest BCUT2D eigenvalue weighted by Gasteiger charge is 2.06. The summed E-state index contributed by atoms with van der Waals surface area (Å²) >= 11 is 0. The number of anilines is 1. The number of aromatic hydroxyl groups is 1. The molecule has 98 valence electrons. The minimum atomic E-state index is -0.516. The molecule has 4 nitrogen and oxygen atoms in total. The van der Waals surface area contributed by atoms with E-state index in [1.165, 1.54) is 6.07 Å². The van der Waals surface area contributed by atoms with Gasteiger partial charge in [0.15, 0.2) is 0 Å². The number of hydrogen-bond donors (Lipinski definition) is 2. The molecule has 0 saturated carbocycles. The van der Waals surface area contributed by atoms with Crippen LogP contribution in [0.5, 0.6) is 5.75 Å². The van der Waals surface area contributed by atoms with Crippen molar-refractivity contribution in [2.24, 2.45) is 0 Å². The van der Waals surface area contributed by atoms with E-state index in [9.17, 15) is 9.90 Å². The Hall–Kier alpha value is -2.49. The van der Waals surface area contributed by atoms with Gasteiger partial charge in [0.25, 0.3) is 0 Å². The van der Waals surface area contributed by atoms with Gasteiger partial charge in [-0.15, -0.1) is 0 Å². The second-order valence-electron chi connectivity index (χ2n) is 4.19. The van der Waals surface area contributed by atoms with E-state index in [2.05, 4.69) is 5.32 Å². The van der Waals surface area contributed by atoms with Crippen molar-refractivity contribution >= 4 is 11.8 Å². The summed E-state index contributed by atoms with van der Waals surface area (Å²) in [7, 11) is 0. The van der Waals surface area contributed by atoms with E-state index in [-0.39, 0.29) is 12.4 Å². The van der Waals surface area contributed by atoms with Gasteiger partial charge in [0.2, 0.25) is 0 Å². The lowest BCUT2D eigenvalue weighted by atomic mass is 10.2. The number of nitrogens with one attached hydrogen (secondary N) is 1. The monoisotopic (exact) mass is 257 g/mol. The molecule has 1 amide bonds. The summed E-state index contributed by atoms with van der Waals surface area (Å²) in [5.74, 6) is 0.167. The normalized spacial score (nSPS) is 9.95. The number of phenolic OH excluding ortho intramolecular Hbond substituents is 1. The van der Waals surface area contributed by atoms with Crippen molar-refractivity contribution in [1.29, 1.82) is 0 Å². The second-order valence-corrected chi connectivity index (χ2v) is 4.19. The number of ether oxygens (including phenoxy) is 1. The lowest BCUT2D eigenvalue weighted by Crippen LogP contribution is -2.14. The van der Waals surface area contributed by atoms with Gasteiger partial charge in [-0.2, -0.15) is 0 Å². The first kappa shape index (κ1) is 13.0. The Morgan fingerprint density at radius 2 is 1.95 bits per heavy atom. The Bertz CT molecular complexity index is 567. The summed E-state index contributed by atoms with van der Waals surface area (Å²) in [6.07, 6.45) is -0.516. The number of carbonyl (C=O) groups is 1. The third-order valence-corrected chi connectivity index (χ3v) is 2.66. The first-order chi connectivity index (χ1) is 9.15. The molecular formula is C15H15NO3. The molecule has 19 heavy (non-hydrogen) atoms. The Balaban J connectivity index is 1.91. The molecule has 0 spiro atoms. The maximum absolute atomic E-state index is 11.6. The first-order valence-corrected chi connectivity index (χ1v) is 5.92. The van der Waals surface area contributed by atoms with Crippen molar-refractivity contribution in [3.8, 4) is 5.75 Å². The van der Waals surface area contributed by atoms with Gasteiger partial charge in [-0.05, 0) is 36.2 Å². The SMILES string of the molecule is Cc1cc(O)ccc1NC(=O)OCc1ccccc1. The lowest BCUT2D eigenvalue weighted by molar-refractivity contribution is 0.155. The quantitative estimate of drug-likeness (QED) is 0.828. The van der Waals surface area contributed by atoms with Crippen LogP contribution in [0.2, 0.25) is 0 Å². The van der Waals surface area contributed by atoms with Gasteiger partial charge < -0.3 is 9.84 Å². The van der Waals surface area contributed by atoms with Crippen LogP contribution in [0.1, 0.15) is 11.1 Å². The van der Waals surface area contributed by atoms with Gasteiger partial charge in [0, 0.05) is 5.69 Å². The molecule has 0 aliphatic heterocycles. The van der Waals surface area contributed by atoms with Crippen LogP contribution in [-0.4, -0.2) is 11.2 Å². The number of benzene rings is 2. The van der Waals surface area contributed by atoms with Gasteiger partial charge in [-0.3, -0.25) is 5.32 Å². The number of carbonyl (C=O) groups excluding carboxylic acids is 1. The van der Waals surface area contributed by atoms with Gasteiger partial charge in [-0.25, -0.2) is 4.79 Å². The molecule has 0 heterocycles. The first-order valence-electron chi connectivity index (χ1n) is 5.92. The summed E-state index contributed by atoms with van der Waals surface area (Å²) in [5, 5.41) is 11.9. The molecule has 0 aliphatic carbocycles. The minimum absolute atomic E-state index is 0.167. The van der Waals surface area contributed by atoms with Crippen molar-refractivity contribution in [3.05, 3.63) is 59.7 Å². The molecule has 0 bridgehead atoms. The second kappa shape index (κ2) is 5.91. The molecule has 0 saturated heterocycles. The number of aryl methyl sites for hydroxylation is 1. The van der Waals surface area contributed by atoms with Crippen LogP contribution in [0.4, 0.5) is 10.5 Å². The predicted octanol–water partition coefficient (Wildman–Crippen LogP) is 3.45. The minimum Gasteiger partial charge on any atom is -0.508 e. The zero-order valence-corrected chi connectivity index (χ0v) is 10.6. The van der Waals surface area contributed by atoms with Crippen LogP contribution < -0.4 is 5.32 Å². The molecule has 0 aliphatic rings. The van der Waals surface area contributed by atoms with Crippen molar-refractivity contribution in [2.45, 2.75) is 13.5 Å². The molecule has 2 aromatic rings. The van der Waals surface area contributed by atoms with Crippen molar-refractivity contribution in [1.82, 2.24) is 0 Å². The number of rotatable bonds is 3. The summed E-state index contributed by atoms with van der Waals surface area (Å²) in [6, 6.07) is 14.2. The van der Waals surface area contributed by atoms with Crippen molar-refractivity contribution in [3.63, 3.8) is 0 Å². The zero-order valence-electron chi connectivity index (χ0n) is 10.6. The highest BCUT2D eigenvalue weighted by atomic mass is 16.5. The third-order valence-electron chi connectivity index (χ3n) is 2.66. The van der Waals surface area contributed by atoms with Crippen molar-refractivity contribution in [2.75, 3.05) is 5.32 Å². The maximum Gasteiger partial charge on any atom is 0.411 e. The third kappa shape index (κ3) is 3.74. The molecule has 2 N–H and O–H groups in total. The van der Waals surface area contributed by atoms with E-state index in [4.69, 9.17) is 4.74 Å². The average Bonchev–Trinajstić information content (AvgIpc) is 2.41. The Labute approximate surface area is 111 Å². The summed E-state index contributed by atoms with van der Waals surface area (Å²) in [6.45, 7) is 2.02. The number of phenols is 1. The van der Waals surface area contributed by atoms with E-state index in [1.54, 1.807) is 19.1 Å². The van der Waals surface area contributed by atoms with Gasteiger partial charge in [0.1, 0.15) is 12.4 Å². The molecule has 0 fully saturated rings. The van der Waals surface area contributed by atoms with E-state index < -0.39 is 6.09 Å². The van der Waals surface area contributed by atoms with Crippen LogP contribution >= 0.6 is 0 Å². The fraction of sp³-hybridized carbons (Fsp3) is 0.133. The Morgan fingerprint density at radius 3 is 2.63 bits per heavy atom. The summed E-state index contributed by atoms with van der Waals surface area (Å²) < 4.78 is 5.10.